The number of aromatic nitrogens is 4. The number of H-pyrrole nitrogens is 2. The summed E-state index contributed by atoms with van der Waals surface area (Å²) in [5.74, 6) is 1.97. The molecule has 6 heteroatoms. The van der Waals surface area contributed by atoms with Crippen LogP contribution in [0.4, 0.5) is 0 Å². The van der Waals surface area contributed by atoms with Crippen LogP contribution in [0.2, 0.25) is 0 Å². The monoisotopic (exact) mass is 553 g/mol. The molecule has 0 amide bonds. The van der Waals surface area contributed by atoms with Gasteiger partial charge < -0.3 is 17.4 Å². The molecule has 2 aromatic heterocycles. The number of imidazole rings is 2. The molecular weight excluding hydrogens is 515 g/mol. The topological polar surface area (TPSA) is 57.4 Å². The maximum atomic E-state index is 3.96. The molecule has 2 heterocycles. The summed E-state index contributed by atoms with van der Waals surface area (Å²) < 4.78 is 0. The van der Waals surface area contributed by atoms with Gasteiger partial charge in [-0.15, -0.1) is 0 Å². The normalized spacial score (nSPS) is 7.32. The van der Waals surface area contributed by atoms with Crippen molar-refractivity contribution in [2.45, 2.75) is 62.3 Å². The Morgan fingerprint density at radius 1 is 0.750 bits per heavy atom. The van der Waals surface area contributed by atoms with Crippen molar-refractivity contribution in [1.29, 1.82) is 0 Å². The summed E-state index contributed by atoms with van der Waals surface area (Å²) >= 11 is 0. The van der Waals surface area contributed by atoms with Gasteiger partial charge in [0.1, 0.15) is 11.6 Å². The standard InChI is InChI=1S/C7H7.2C5H8N2.2C2H6.CH3.B.W/c1-7-5-3-2-4-6-7;2*1-4-3-6-5(2)7-4;2*1-2;;;/h2-5H,1H3;2*3H,1-2H3,(H,6,7);2*1-2H3;1H3;;/q-1;;;;;-1;;+2. The molecule has 3 rings (SSSR count). The first-order chi connectivity index (χ1) is 12.0. The minimum absolute atomic E-state index is 0. The van der Waals surface area contributed by atoms with Crippen molar-refractivity contribution in [2.75, 3.05) is 0 Å². The number of nitrogens with zero attached hydrogens (tertiary/aromatic N) is 2. The van der Waals surface area contributed by atoms with Crippen LogP contribution in [-0.2, 0) is 21.1 Å². The third kappa shape index (κ3) is 22.4. The van der Waals surface area contributed by atoms with Crippen molar-refractivity contribution in [2.24, 2.45) is 0 Å². The largest absolute Gasteiger partial charge is 2.00 e. The van der Waals surface area contributed by atoms with Gasteiger partial charge in [-0.2, -0.15) is 35.9 Å². The molecule has 155 valence electrons. The van der Waals surface area contributed by atoms with Crippen LogP contribution in [0.15, 0.2) is 36.7 Å². The molecule has 0 bridgehead atoms. The summed E-state index contributed by atoms with van der Waals surface area (Å²) in [6, 6.07) is 10.9. The molecule has 0 aliphatic carbocycles. The number of hydrogen-bond donors (Lipinski definition) is 2. The van der Waals surface area contributed by atoms with E-state index in [1.165, 1.54) is 5.56 Å². The Hall–Kier alpha value is -1.61. The Kier molecular flexibility index (Phi) is 33.7. The zero-order valence-corrected chi connectivity index (χ0v) is 22.3. The number of hydrogen-bond acceptors (Lipinski definition) is 2. The van der Waals surface area contributed by atoms with Gasteiger partial charge in [-0.05, 0) is 27.7 Å². The maximum Gasteiger partial charge on any atom is 2.00 e. The van der Waals surface area contributed by atoms with Crippen LogP contribution in [0.1, 0.15) is 56.3 Å². The van der Waals surface area contributed by atoms with Gasteiger partial charge in [0.05, 0.1) is 0 Å². The molecule has 4 nitrogen and oxygen atoms in total. The minimum atomic E-state index is 0. The summed E-state index contributed by atoms with van der Waals surface area (Å²) in [7, 11) is 0. The predicted octanol–water partition coefficient (Wildman–Crippen LogP) is 5.97. The van der Waals surface area contributed by atoms with E-state index >= 15 is 0 Å². The first-order valence-corrected chi connectivity index (χ1v) is 8.87. The molecule has 0 saturated heterocycles. The average molecular weight is 553 g/mol. The fourth-order valence-electron chi connectivity index (χ4n) is 1.57. The third-order valence-electron chi connectivity index (χ3n) is 2.52. The number of rotatable bonds is 0. The summed E-state index contributed by atoms with van der Waals surface area (Å²) in [6.45, 7) is 17.9. The van der Waals surface area contributed by atoms with Crippen molar-refractivity contribution in [3.05, 3.63) is 78.8 Å². The Labute approximate surface area is 190 Å². The van der Waals surface area contributed by atoms with E-state index in [1.807, 2.05) is 99.0 Å². The summed E-state index contributed by atoms with van der Waals surface area (Å²) in [6.07, 6.45) is 3.63. The Balaban J connectivity index is -0.0000000826. The van der Waals surface area contributed by atoms with Gasteiger partial charge >= 0.3 is 21.1 Å². The molecule has 0 aliphatic rings. The van der Waals surface area contributed by atoms with E-state index in [0.717, 1.165) is 23.0 Å². The van der Waals surface area contributed by atoms with E-state index in [2.05, 4.69) is 26.0 Å². The summed E-state index contributed by atoms with van der Waals surface area (Å²) in [5.41, 5.74) is 3.44. The molecule has 0 spiro atoms. The van der Waals surface area contributed by atoms with Gasteiger partial charge in [0, 0.05) is 32.2 Å². The van der Waals surface area contributed by atoms with Crippen LogP contribution in [0, 0.1) is 48.1 Å². The van der Waals surface area contributed by atoms with E-state index in [4.69, 9.17) is 0 Å². The van der Waals surface area contributed by atoms with Crippen LogP contribution in [-0.4, -0.2) is 28.3 Å². The van der Waals surface area contributed by atoms with Crippen molar-refractivity contribution >= 4 is 8.41 Å². The average Bonchev–Trinajstić information content (AvgIpc) is 3.20. The first kappa shape index (κ1) is 37.2. The van der Waals surface area contributed by atoms with Crippen LogP contribution in [0.3, 0.4) is 0 Å². The molecule has 3 radical (unpaired) electrons. The van der Waals surface area contributed by atoms with Gasteiger partial charge in [-0.1, -0.05) is 34.6 Å². The molecule has 0 unspecified atom stereocenters. The Bertz CT molecular complexity index is 566. The number of nitrogens with one attached hydrogen (secondary N) is 2. The van der Waals surface area contributed by atoms with Crippen LogP contribution >= 0.6 is 0 Å². The second-order valence-electron chi connectivity index (χ2n) is 4.85. The number of benzene rings is 1. The molecule has 2 N–H and O–H groups in total. The van der Waals surface area contributed by atoms with Crippen molar-refractivity contribution in [3.8, 4) is 0 Å². The second kappa shape index (κ2) is 25.4. The van der Waals surface area contributed by atoms with E-state index in [1.54, 1.807) is 0 Å². The zero-order chi connectivity index (χ0) is 19.7. The van der Waals surface area contributed by atoms with Gasteiger partial charge in [0.15, 0.2) is 0 Å². The summed E-state index contributed by atoms with van der Waals surface area (Å²) in [5, 5.41) is 0. The molecule has 1 aromatic carbocycles. The van der Waals surface area contributed by atoms with Gasteiger partial charge in [-0.25, -0.2) is 9.97 Å². The molecule has 0 saturated carbocycles. The zero-order valence-electron chi connectivity index (χ0n) is 19.3. The van der Waals surface area contributed by atoms with Crippen LogP contribution in [0.25, 0.3) is 0 Å². The SMILES string of the molecule is CC.CC.Cc1[c-]cccc1.Cc1cnc(C)[nH]1.Cc1cnc(C)[nH]1.[B].[CH3-].[W+2]. The van der Waals surface area contributed by atoms with Crippen LogP contribution < -0.4 is 0 Å². The third-order valence-corrected chi connectivity index (χ3v) is 2.52. The fourth-order valence-corrected chi connectivity index (χ4v) is 1.57. The predicted molar refractivity (Wildman–Crippen MR) is 121 cm³/mol. The van der Waals surface area contributed by atoms with Crippen molar-refractivity contribution in [3.63, 3.8) is 0 Å². The summed E-state index contributed by atoms with van der Waals surface area (Å²) in [4.78, 5) is 14.0. The smallest absolute Gasteiger partial charge is 0.358 e. The van der Waals surface area contributed by atoms with E-state index < -0.39 is 0 Å². The molecule has 0 aliphatic heterocycles. The maximum absolute atomic E-state index is 3.96. The van der Waals surface area contributed by atoms with E-state index in [9.17, 15) is 0 Å². The molecular formula is C22H38BN4W. The quantitative estimate of drug-likeness (QED) is 0.267. The fraction of sp³-hybridized carbons (Fsp3) is 0.409. The van der Waals surface area contributed by atoms with Gasteiger partial charge in [-0.3, -0.25) is 0 Å². The molecule has 0 atom stereocenters. The molecule has 28 heavy (non-hydrogen) atoms. The second-order valence-corrected chi connectivity index (χ2v) is 4.85. The van der Waals surface area contributed by atoms with E-state index in [-0.39, 0.29) is 36.9 Å². The van der Waals surface area contributed by atoms with Crippen molar-refractivity contribution in [1.82, 2.24) is 19.9 Å². The van der Waals surface area contributed by atoms with Crippen molar-refractivity contribution < 1.29 is 21.1 Å². The first-order valence-electron chi connectivity index (χ1n) is 8.87. The van der Waals surface area contributed by atoms with Gasteiger partial charge in [0.25, 0.3) is 0 Å². The minimum Gasteiger partial charge on any atom is -0.358 e. The number of aryl methyl sites for hydroxylation is 5. The van der Waals surface area contributed by atoms with E-state index in [0.29, 0.717) is 0 Å². The van der Waals surface area contributed by atoms with Crippen LogP contribution in [0.5, 0.6) is 0 Å². The number of aromatic amines is 2. The Morgan fingerprint density at radius 2 is 1.14 bits per heavy atom. The Morgan fingerprint density at radius 3 is 1.25 bits per heavy atom. The molecule has 3 aromatic rings. The molecule has 0 fully saturated rings. The van der Waals surface area contributed by atoms with Gasteiger partial charge in [0.2, 0.25) is 0 Å².